The van der Waals surface area contributed by atoms with Crippen LogP contribution in [0.15, 0.2) is 34.7 Å². The smallest absolute Gasteiger partial charge is 0.109 e. The van der Waals surface area contributed by atoms with E-state index in [0.717, 1.165) is 30.0 Å². The molecular formula is C18H23Cl2NO. The van der Waals surface area contributed by atoms with Crippen LogP contribution in [0.1, 0.15) is 44.3 Å². The van der Waals surface area contributed by atoms with Crippen LogP contribution in [-0.4, -0.2) is 6.04 Å². The molecule has 120 valence electrons. The van der Waals surface area contributed by atoms with Crippen molar-refractivity contribution in [2.75, 3.05) is 0 Å². The van der Waals surface area contributed by atoms with Gasteiger partial charge in [0.25, 0.3) is 0 Å². The van der Waals surface area contributed by atoms with Crippen LogP contribution in [0, 0.1) is 6.92 Å². The zero-order valence-corrected chi connectivity index (χ0v) is 15.1. The minimum atomic E-state index is -0.00167. The lowest BCUT2D eigenvalue weighted by molar-refractivity contribution is 0.319. The van der Waals surface area contributed by atoms with Crippen molar-refractivity contribution in [1.29, 1.82) is 0 Å². The van der Waals surface area contributed by atoms with Crippen molar-refractivity contribution in [2.45, 2.75) is 52.1 Å². The van der Waals surface area contributed by atoms with E-state index in [1.54, 1.807) is 0 Å². The number of aryl methyl sites for hydroxylation is 1. The molecule has 1 atom stereocenters. The number of hydrogen-bond donors (Lipinski definition) is 1. The first-order valence-electron chi connectivity index (χ1n) is 7.52. The Bertz CT molecular complexity index is 634. The zero-order valence-electron chi connectivity index (χ0n) is 13.5. The summed E-state index contributed by atoms with van der Waals surface area (Å²) in [6, 6.07) is 10.2. The number of furan rings is 1. The van der Waals surface area contributed by atoms with E-state index in [1.807, 2.05) is 31.2 Å². The summed E-state index contributed by atoms with van der Waals surface area (Å²) in [4.78, 5) is 0. The van der Waals surface area contributed by atoms with E-state index in [9.17, 15) is 0 Å². The monoisotopic (exact) mass is 339 g/mol. The van der Waals surface area contributed by atoms with Crippen LogP contribution < -0.4 is 5.32 Å². The lowest BCUT2D eigenvalue weighted by atomic mass is 9.83. The summed E-state index contributed by atoms with van der Waals surface area (Å²) in [7, 11) is 0. The molecule has 0 bridgehead atoms. The molecule has 2 nitrogen and oxygen atoms in total. The van der Waals surface area contributed by atoms with Gasteiger partial charge in [0, 0.05) is 18.0 Å². The zero-order chi connectivity index (χ0) is 16.3. The third-order valence-electron chi connectivity index (χ3n) is 3.86. The van der Waals surface area contributed by atoms with Gasteiger partial charge in [-0.05, 0) is 50.1 Å². The van der Waals surface area contributed by atoms with Crippen molar-refractivity contribution in [3.8, 4) is 0 Å². The second-order valence-electron chi connectivity index (χ2n) is 6.53. The van der Waals surface area contributed by atoms with E-state index in [4.69, 9.17) is 27.6 Å². The van der Waals surface area contributed by atoms with Gasteiger partial charge in [-0.2, -0.15) is 0 Å². The molecule has 0 saturated carbocycles. The lowest BCUT2D eigenvalue weighted by Crippen LogP contribution is -2.32. The van der Waals surface area contributed by atoms with E-state index < -0.39 is 0 Å². The van der Waals surface area contributed by atoms with Gasteiger partial charge in [0.1, 0.15) is 11.5 Å². The summed E-state index contributed by atoms with van der Waals surface area (Å²) in [5, 5.41) is 4.72. The number of benzene rings is 1. The van der Waals surface area contributed by atoms with Crippen molar-refractivity contribution in [3.63, 3.8) is 0 Å². The van der Waals surface area contributed by atoms with Crippen LogP contribution >= 0.6 is 23.2 Å². The fraction of sp³-hybridized carbons (Fsp3) is 0.444. The minimum Gasteiger partial charge on any atom is -0.466 e. The molecule has 1 aromatic heterocycles. The third kappa shape index (κ3) is 4.52. The molecule has 4 heteroatoms. The Labute approximate surface area is 142 Å². The van der Waals surface area contributed by atoms with E-state index in [-0.39, 0.29) is 5.41 Å². The number of rotatable bonds is 6. The highest BCUT2D eigenvalue weighted by molar-refractivity contribution is 6.42. The topological polar surface area (TPSA) is 25.2 Å². The van der Waals surface area contributed by atoms with Gasteiger partial charge >= 0.3 is 0 Å². The fourth-order valence-corrected chi connectivity index (χ4v) is 3.00. The van der Waals surface area contributed by atoms with E-state index in [1.165, 1.54) is 0 Å². The fourth-order valence-electron chi connectivity index (χ4n) is 2.68. The van der Waals surface area contributed by atoms with Gasteiger partial charge in [0.15, 0.2) is 0 Å². The minimum absolute atomic E-state index is 0.00167. The van der Waals surface area contributed by atoms with Crippen LogP contribution in [0.2, 0.25) is 10.0 Å². The van der Waals surface area contributed by atoms with Crippen molar-refractivity contribution in [1.82, 2.24) is 5.32 Å². The Kier molecular flexibility index (Phi) is 5.60. The highest BCUT2D eigenvalue weighted by Crippen LogP contribution is 2.30. The second kappa shape index (κ2) is 7.08. The Balaban J connectivity index is 1.92. The molecule has 2 rings (SSSR count). The molecule has 0 aliphatic rings. The van der Waals surface area contributed by atoms with Crippen LogP contribution in [-0.2, 0) is 12.0 Å². The van der Waals surface area contributed by atoms with Gasteiger partial charge in [-0.25, -0.2) is 0 Å². The van der Waals surface area contributed by atoms with Crippen LogP contribution in [0.3, 0.4) is 0 Å². The quantitative estimate of drug-likeness (QED) is 0.725. The summed E-state index contributed by atoms with van der Waals surface area (Å²) in [6.45, 7) is 9.36. The van der Waals surface area contributed by atoms with Crippen molar-refractivity contribution in [3.05, 3.63) is 57.5 Å². The summed E-state index contributed by atoms with van der Waals surface area (Å²) >= 11 is 12.0. The van der Waals surface area contributed by atoms with Crippen molar-refractivity contribution in [2.24, 2.45) is 0 Å². The predicted molar refractivity (Wildman–Crippen MR) is 93.9 cm³/mol. The summed E-state index contributed by atoms with van der Waals surface area (Å²) < 4.78 is 5.78. The van der Waals surface area contributed by atoms with Crippen LogP contribution in [0.25, 0.3) is 0 Å². The van der Waals surface area contributed by atoms with Crippen LogP contribution in [0.4, 0.5) is 0 Å². The van der Waals surface area contributed by atoms with Gasteiger partial charge in [0.2, 0.25) is 0 Å². The molecule has 22 heavy (non-hydrogen) atoms. The Morgan fingerprint density at radius 3 is 2.45 bits per heavy atom. The molecule has 1 heterocycles. The second-order valence-corrected chi connectivity index (χ2v) is 7.34. The van der Waals surface area contributed by atoms with Gasteiger partial charge in [-0.3, -0.25) is 0 Å². The lowest BCUT2D eigenvalue weighted by Gasteiger charge is -2.26. The maximum absolute atomic E-state index is 6.05. The number of halogens is 2. The molecule has 0 unspecified atom stereocenters. The molecule has 0 spiro atoms. The first-order valence-corrected chi connectivity index (χ1v) is 8.28. The molecule has 0 aliphatic heterocycles. The first-order chi connectivity index (χ1) is 10.3. The molecule has 1 N–H and O–H groups in total. The molecule has 0 fully saturated rings. The van der Waals surface area contributed by atoms with Crippen molar-refractivity contribution < 1.29 is 4.42 Å². The van der Waals surface area contributed by atoms with E-state index in [2.05, 4.69) is 32.2 Å². The van der Waals surface area contributed by atoms with Gasteiger partial charge in [0.05, 0.1) is 10.0 Å². The van der Waals surface area contributed by atoms with E-state index >= 15 is 0 Å². The van der Waals surface area contributed by atoms with E-state index in [0.29, 0.717) is 16.1 Å². The maximum atomic E-state index is 6.05. The predicted octanol–water partition coefficient (Wildman–Crippen LogP) is 5.74. The molecule has 0 amide bonds. The van der Waals surface area contributed by atoms with Crippen LogP contribution in [0.5, 0.6) is 0 Å². The molecule has 0 radical (unpaired) electrons. The summed E-state index contributed by atoms with van der Waals surface area (Å²) in [5.41, 5.74) is 1.13. The van der Waals surface area contributed by atoms with Crippen molar-refractivity contribution >= 4 is 23.2 Å². The number of hydrogen-bond acceptors (Lipinski definition) is 2. The normalized spacial score (nSPS) is 13.4. The first kappa shape index (κ1) is 17.4. The SMILES string of the molecule is Cc1ccc(C(C)(C)C[C@@H](C)NCc2ccc(Cl)c(Cl)c2)o1. The van der Waals surface area contributed by atoms with Gasteiger partial charge < -0.3 is 9.73 Å². The largest absolute Gasteiger partial charge is 0.466 e. The highest BCUT2D eigenvalue weighted by atomic mass is 35.5. The van der Waals surface area contributed by atoms with Gasteiger partial charge in [-0.15, -0.1) is 0 Å². The molecule has 2 aromatic rings. The molecule has 1 aromatic carbocycles. The Morgan fingerprint density at radius 2 is 1.86 bits per heavy atom. The van der Waals surface area contributed by atoms with Gasteiger partial charge in [-0.1, -0.05) is 43.1 Å². The molecular weight excluding hydrogens is 317 g/mol. The average Bonchev–Trinajstić information content (AvgIpc) is 2.87. The Morgan fingerprint density at radius 1 is 1.14 bits per heavy atom. The molecule has 0 aliphatic carbocycles. The number of nitrogens with one attached hydrogen (secondary N) is 1. The Hall–Kier alpha value is -0.960. The summed E-state index contributed by atoms with van der Waals surface area (Å²) in [6.07, 6.45) is 0.987. The molecule has 0 saturated heterocycles. The highest BCUT2D eigenvalue weighted by Gasteiger charge is 2.26. The maximum Gasteiger partial charge on any atom is 0.109 e. The summed E-state index contributed by atoms with van der Waals surface area (Å²) in [5.74, 6) is 1.99. The average molecular weight is 340 g/mol. The third-order valence-corrected chi connectivity index (χ3v) is 4.60. The standard InChI is InChI=1S/C18H23Cl2NO/c1-12(10-18(3,4)17-8-5-13(2)22-17)21-11-14-6-7-15(19)16(20)9-14/h5-9,12,21H,10-11H2,1-4H3/t12-/m1/s1.